The molecular formula is C28H30ClN3O4. The summed E-state index contributed by atoms with van der Waals surface area (Å²) in [5.41, 5.74) is 4.24. The number of amides is 1. The molecule has 7 nitrogen and oxygen atoms in total. The van der Waals surface area contributed by atoms with E-state index in [0.717, 1.165) is 41.3 Å². The molecule has 1 amide bonds. The van der Waals surface area contributed by atoms with Crippen LogP contribution >= 0.6 is 11.6 Å². The van der Waals surface area contributed by atoms with Crippen molar-refractivity contribution in [3.05, 3.63) is 76.3 Å². The molecule has 0 saturated carbocycles. The molecular weight excluding hydrogens is 478 g/mol. The van der Waals surface area contributed by atoms with Crippen molar-refractivity contribution in [3.8, 4) is 5.75 Å². The van der Waals surface area contributed by atoms with Gasteiger partial charge < -0.3 is 9.84 Å². The van der Waals surface area contributed by atoms with Crippen LogP contribution in [0.5, 0.6) is 5.75 Å². The monoisotopic (exact) mass is 507 g/mol. The molecule has 0 aromatic heterocycles. The highest BCUT2D eigenvalue weighted by Gasteiger charge is 2.34. The van der Waals surface area contributed by atoms with Crippen LogP contribution in [0, 0.1) is 0 Å². The Balaban J connectivity index is 1.51. The highest BCUT2D eigenvalue weighted by atomic mass is 35.5. The zero-order valence-electron chi connectivity index (χ0n) is 20.6. The maximum atomic E-state index is 12.8. The van der Waals surface area contributed by atoms with Gasteiger partial charge in [0, 0.05) is 17.7 Å². The number of phenols is 1. The van der Waals surface area contributed by atoms with Crippen LogP contribution in [-0.2, 0) is 16.1 Å². The molecule has 3 aromatic rings. The highest BCUT2D eigenvalue weighted by molar-refractivity contribution is 6.32. The first-order chi connectivity index (χ1) is 17.1. The number of hydrogen-bond donors (Lipinski definition) is 2. The number of hydrogen-bond acceptors (Lipinski definition) is 6. The molecule has 0 bridgehead atoms. The van der Waals surface area contributed by atoms with Crippen LogP contribution in [0.15, 0.2) is 59.7 Å². The Morgan fingerprint density at radius 1 is 1.17 bits per heavy atom. The number of rotatable bonds is 6. The van der Waals surface area contributed by atoms with Crippen molar-refractivity contribution >= 4 is 40.5 Å². The van der Waals surface area contributed by atoms with Crippen LogP contribution in [0.3, 0.4) is 0 Å². The molecule has 1 saturated heterocycles. The molecule has 3 aromatic carbocycles. The third kappa shape index (κ3) is 6.04. The summed E-state index contributed by atoms with van der Waals surface area (Å²) in [7, 11) is 0. The highest BCUT2D eigenvalue weighted by Crippen LogP contribution is 2.28. The van der Waals surface area contributed by atoms with Gasteiger partial charge in [-0.2, -0.15) is 5.10 Å². The minimum absolute atomic E-state index is 0.0883. The van der Waals surface area contributed by atoms with Crippen LogP contribution in [-0.4, -0.2) is 46.3 Å². The number of halogens is 1. The van der Waals surface area contributed by atoms with Crippen LogP contribution in [0.4, 0.5) is 0 Å². The Kier molecular flexibility index (Phi) is 7.62. The summed E-state index contributed by atoms with van der Waals surface area (Å²) in [6, 6.07) is 16.0. The second-order valence-electron chi connectivity index (χ2n) is 9.89. The summed E-state index contributed by atoms with van der Waals surface area (Å²) in [6.07, 6.45) is 3.35. The van der Waals surface area contributed by atoms with E-state index in [1.54, 1.807) is 6.21 Å². The third-order valence-corrected chi connectivity index (χ3v) is 6.35. The normalized spacial score (nSPS) is 16.5. The number of fused-ring (bicyclic) bond motifs is 1. The molecule has 1 aliphatic rings. The van der Waals surface area contributed by atoms with Crippen molar-refractivity contribution in [3.63, 3.8) is 0 Å². The van der Waals surface area contributed by atoms with Crippen LogP contribution < -0.4 is 5.43 Å². The van der Waals surface area contributed by atoms with Gasteiger partial charge in [0.25, 0.3) is 5.91 Å². The number of carbonyl (C=O) groups excluding carboxylic acids is 2. The number of phenolic OH excluding ortho intramolecular Hbond substituents is 1. The second kappa shape index (κ2) is 10.7. The smallest absolute Gasteiger partial charge is 0.323 e. The fourth-order valence-corrected chi connectivity index (χ4v) is 4.56. The molecule has 8 heteroatoms. The second-order valence-corrected chi connectivity index (χ2v) is 10.3. The summed E-state index contributed by atoms with van der Waals surface area (Å²) in [6.45, 7) is 7.15. The van der Waals surface area contributed by atoms with Gasteiger partial charge >= 0.3 is 5.97 Å². The lowest BCUT2D eigenvalue weighted by Crippen LogP contribution is -2.40. The van der Waals surface area contributed by atoms with Gasteiger partial charge in [-0.25, -0.2) is 5.43 Å². The summed E-state index contributed by atoms with van der Waals surface area (Å²) in [5.74, 6) is -0.690. The van der Waals surface area contributed by atoms with Gasteiger partial charge in [0.05, 0.1) is 11.2 Å². The number of aromatic hydroxyl groups is 1. The third-order valence-electron chi connectivity index (χ3n) is 6.04. The average Bonchev–Trinajstić information content (AvgIpc) is 3.29. The predicted molar refractivity (Wildman–Crippen MR) is 141 cm³/mol. The number of benzene rings is 3. The van der Waals surface area contributed by atoms with Crippen LogP contribution in [0.25, 0.3) is 10.8 Å². The quantitative estimate of drug-likeness (QED) is 0.269. The van der Waals surface area contributed by atoms with Crippen LogP contribution in [0.1, 0.15) is 55.1 Å². The maximum Gasteiger partial charge on any atom is 0.323 e. The van der Waals surface area contributed by atoms with Gasteiger partial charge in [-0.15, -0.1) is 0 Å². The fourth-order valence-electron chi connectivity index (χ4n) is 4.38. The lowest BCUT2D eigenvalue weighted by Gasteiger charge is -2.27. The molecule has 1 aliphatic heterocycles. The minimum Gasteiger partial charge on any atom is -0.506 e. The number of likely N-dealkylation sites (tertiary alicyclic amines) is 1. The Morgan fingerprint density at radius 2 is 1.92 bits per heavy atom. The molecule has 0 radical (unpaired) electrons. The van der Waals surface area contributed by atoms with Gasteiger partial charge in [0.15, 0.2) is 0 Å². The van der Waals surface area contributed by atoms with Gasteiger partial charge in [-0.05, 0) is 74.7 Å². The molecule has 36 heavy (non-hydrogen) atoms. The van der Waals surface area contributed by atoms with E-state index in [4.69, 9.17) is 16.3 Å². The average molecular weight is 508 g/mol. The number of ether oxygens (including phenoxy) is 1. The lowest BCUT2D eigenvalue weighted by atomic mass is 9.99. The van der Waals surface area contributed by atoms with E-state index in [1.165, 1.54) is 18.2 Å². The van der Waals surface area contributed by atoms with Crippen LogP contribution in [0.2, 0.25) is 5.02 Å². The van der Waals surface area contributed by atoms with E-state index in [0.29, 0.717) is 12.1 Å². The molecule has 1 unspecified atom stereocenters. The van der Waals surface area contributed by atoms with E-state index in [9.17, 15) is 14.7 Å². The van der Waals surface area contributed by atoms with Crippen molar-refractivity contribution in [2.24, 2.45) is 5.10 Å². The molecule has 1 atom stereocenters. The fraction of sp³-hybridized carbons (Fsp3) is 0.321. The van der Waals surface area contributed by atoms with Gasteiger partial charge in [0.2, 0.25) is 0 Å². The number of nitrogens with one attached hydrogen (secondary N) is 1. The van der Waals surface area contributed by atoms with Crippen molar-refractivity contribution in [1.82, 2.24) is 10.3 Å². The van der Waals surface area contributed by atoms with Crippen molar-refractivity contribution in [2.45, 2.75) is 51.8 Å². The summed E-state index contributed by atoms with van der Waals surface area (Å²) in [4.78, 5) is 27.3. The standard InChI is InChI=1S/C28H30ClN3O4/c1-28(2,3)36-27(35)24-9-6-14-32(24)17-20-11-10-19(21-7-4-5-8-22(20)21)16-30-31-26(34)18-12-13-25(33)23(29)15-18/h4-5,7-8,10-13,15-16,24,33H,6,9,14,17H2,1-3H3,(H,31,34). The Bertz CT molecular complexity index is 1320. The van der Waals surface area contributed by atoms with E-state index < -0.39 is 11.5 Å². The van der Waals surface area contributed by atoms with Crippen molar-refractivity contribution in [1.29, 1.82) is 0 Å². The first kappa shape index (κ1) is 25.7. The van der Waals surface area contributed by atoms with E-state index in [2.05, 4.69) is 21.5 Å². The van der Waals surface area contributed by atoms with Gasteiger partial charge in [-0.1, -0.05) is 48.0 Å². The van der Waals surface area contributed by atoms with Gasteiger partial charge in [0.1, 0.15) is 17.4 Å². The number of hydrazone groups is 1. The number of carbonyl (C=O) groups is 2. The summed E-state index contributed by atoms with van der Waals surface area (Å²) < 4.78 is 5.65. The van der Waals surface area contributed by atoms with Gasteiger partial charge in [-0.3, -0.25) is 14.5 Å². The molecule has 4 rings (SSSR count). The van der Waals surface area contributed by atoms with Crippen molar-refractivity contribution < 1.29 is 19.4 Å². The SMILES string of the molecule is CC(C)(C)OC(=O)C1CCCN1Cc1ccc(C=NNC(=O)c2ccc(O)c(Cl)c2)c2ccccc12. The maximum absolute atomic E-state index is 12.8. The first-order valence-corrected chi connectivity index (χ1v) is 12.3. The lowest BCUT2D eigenvalue weighted by molar-refractivity contribution is -0.160. The molecule has 1 fully saturated rings. The number of nitrogens with zero attached hydrogens (tertiary/aromatic N) is 2. The first-order valence-electron chi connectivity index (χ1n) is 11.9. The Labute approximate surface area is 215 Å². The topological polar surface area (TPSA) is 91.2 Å². The molecule has 2 N–H and O–H groups in total. The summed E-state index contributed by atoms with van der Waals surface area (Å²) >= 11 is 5.89. The van der Waals surface area contributed by atoms with E-state index >= 15 is 0 Å². The van der Waals surface area contributed by atoms with Crippen molar-refractivity contribution in [2.75, 3.05) is 6.54 Å². The zero-order valence-corrected chi connectivity index (χ0v) is 21.4. The molecule has 0 aliphatic carbocycles. The minimum atomic E-state index is -0.511. The largest absolute Gasteiger partial charge is 0.506 e. The Morgan fingerprint density at radius 3 is 2.64 bits per heavy atom. The predicted octanol–water partition coefficient (Wildman–Crippen LogP) is 5.27. The van der Waals surface area contributed by atoms with E-state index in [-0.39, 0.29) is 22.8 Å². The van der Waals surface area contributed by atoms with E-state index in [1.807, 2.05) is 51.1 Å². The molecule has 188 valence electrons. The summed E-state index contributed by atoms with van der Waals surface area (Å²) in [5, 5.41) is 15.8. The molecule has 0 spiro atoms. The number of esters is 1. The zero-order chi connectivity index (χ0) is 25.9. The molecule has 1 heterocycles. The Hall–Kier alpha value is -3.42.